The van der Waals surface area contributed by atoms with Crippen LogP contribution in [0, 0.1) is 5.82 Å². The molecule has 2 heterocycles. The second kappa shape index (κ2) is 3.86. The molecule has 0 saturated carbocycles. The first-order valence-electron chi connectivity index (χ1n) is 5.04. The zero-order chi connectivity index (χ0) is 11.8. The molecular formula is C13H7ClFNO. The second-order valence-electron chi connectivity index (χ2n) is 3.63. The molecule has 0 amide bonds. The molecule has 3 rings (SSSR count). The van der Waals surface area contributed by atoms with Crippen LogP contribution in [0.1, 0.15) is 0 Å². The van der Waals surface area contributed by atoms with Crippen LogP contribution >= 0.6 is 11.6 Å². The van der Waals surface area contributed by atoms with E-state index in [0.717, 1.165) is 5.39 Å². The fourth-order valence-electron chi connectivity index (χ4n) is 1.69. The van der Waals surface area contributed by atoms with E-state index in [2.05, 4.69) is 4.98 Å². The molecule has 0 aliphatic rings. The van der Waals surface area contributed by atoms with E-state index in [9.17, 15) is 4.39 Å². The van der Waals surface area contributed by atoms with Gasteiger partial charge in [0, 0.05) is 17.6 Å². The Morgan fingerprint density at radius 1 is 1.18 bits per heavy atom. The second-order valence-corrected chi connectivity index (χ2v) is 4.04. The molecule has 0 spiro atoms. The highest BCUT2D eigenvalue weighted by Crippen LogP contribution is 2.31. The van der Waals surface area contributed by atoms with Crippen LogP contribution in [-0.4, -0.2) is 4.98 Å². The van der Waals surface area contributed by atoms with Gasteiger partial charge in [0.2, 0.25) is 0 Å². The number of pyridine rings is 1. The average molecular weight is 248 g/mol. The molecule has 0 aliphatic carbocycles. The van der Waals surface area contributed by atoms with Gasteiger partial charge in [0.25, 0.3) is 0 Å². The summed E-state index contributed by atoms with van der Waals surface area (Å²) in [4.78, 5) is 4.06. The first-order chi connectivity index (χ1) is 8.24. The van der Waals surface area contributed by atoms with Crippen molar-refractivity contribution in [3.8, 4) is 11.5 Å². The minimum absolute atomic E-state index is 0.346. The maximum atomic E-state index is 13.1. The van der Waals surface area contributed by atoms with Crippen LogP contribution < -0.4 is 0 Å². The molecule has 2 aromatic heterocycles. The van der Waals surface area contributed by atoms with Gasteiger partial charge >= 0.3 is 0 Å². The number of benzene rings is 1. The number of aromatic nitrogens is 1. The summed E-state index contributed by atoms with van der Waals surface area (Å²) >= 11 is 6.00. The van der Waals surface area contributed by atoms with Crippen molar-refractivity contribution in [2.45, 2.75) is 0 Å². The van der Waals surface area contributed by atoms with Gasteiger partial charge in [0.1, 0.15) is 11.5 Å². The van der Waals surface area contributed by atoms with Crippen LogP contribution in [0.5, 0.6) is 0 Å². The summed E-state index contributed by atoms with van der Waals surface area (Å²) in [6, 6.07) is 9.88. The molecular weight excluding hydrogens is 241 g/mol. The van der Waals surface area contributed by atoms with Crippen molar-refractivity contribution in [2.75, 3.05) is 0 Å². The molecule has 0 saturated heterocycles. The molecule has 0 atom stereocenters. The number of hydrogen-bond donors (Lipinski definition) is 0. The van der Waals surface area contributed by atoms with E-state index in [0.29, 0.717) is 22.1 Å². The van der Waals surface area contributed by atoms with Gasteiger partial charge in [-0.3, -0.25) is 4.98 Å². The summed E-state index contributed by atoms with van der Waals surface area (Å²) < 4.78 is 18.7. The molecule has 0 unspecified atom stereocenters. The molecule has 4 heteroatoms. The fraction of sp³-hybridized carbons (Fsp3) is 0. The molecule has 84 valence electrons. The van der Waals surface area contributed by atoms with Gasteiger partial charge in [-0.25, -0.2) is 4.39 Å². The van der Waals surface area contributed by atoms with Crippen molar-refractivity contribution in [3.63, 3.8) is 0 Å². The lowest BCUT2D eigenvalue weighted by molar-refractivity contribution is 0.614. The van der Waals surface area contributed by atoms with E-state index < -0.39 is 0 Å². The Bertz CT molecular complexity index is 693. The van der Waals surface area contributed by atoms with Crippen molar-refractivity contribution in [1.29, 1.82) is 0 Å². The van der Waals surface area contributed by atoms with Gasteiger partial charge in [-0.1, -0.05) is 23.7 Å². The summed E-state index contributed by atoms with van der Waals surface area (Å²) in [5, 5.41) is 1.41. The maximum absolute atomic E-state index is 13.1. The highest BCUT2D eigenvalue weighted by atomic mass is 35.5. The van der Waals surface area contributed by atoms with Crippen molar-refractivity contribution >= 4 is 22.6 Å². The van der Waals surface area contributed by atoms with Crippen LogP contribution in [0.4, 0.5) is 4.39 Å². The number of halogens is 2. The van der Waals surface area contributed by atoms with Crippen LogP contribution in [0.2, 0.25) is 5.02 Å². The molecule has 2 nitrogen and oxygen atoms in total. The summed E-state index contributed by atoms with van der Waals surface area (Å²) in [6.07, 6.45) is 1.40. The molecule has 1 aromatic carbocycles. The van der Waals surface area contributed by atoms with E-state index in [1.54, 1.807) is 12.1 Å². The SMILES string of the molecule is Fc1ccnc(-c2cc3cccc(Cl)c3o2)c1. The predicted octanol–water partition coefficient (Wildman–Crippen LogP) is 4.29. The third-order valence-electron chi connectivity index (χ3n) is 2.47. The van der Waals surface area contributed by atoms with Crippen LogP contribution in [0.15, 0.2) is 47.0 Å². The van der Waals surface area contributed by atoms with Crippen LogP contribution in [-0.2, 0) is 0 Å². The highest BCUT2D eigenvalue weighted by Gasteiger charge is 2.10. The molecule has 0 N–H and O–H groups in total. The van der Waals surface area contributed by atoms with E-state index in [1.807, 2.05) is 12.1 Å². The van der Waals surface area contributed by atoms with E-state index in [-0.39, 0.29) is 5.82 Å². The Hall–Kier alpha value is -1.87. The Balaban J connectivity index is 2.22. The average Bonchev–Trinajstić information content (AvgIpc) is 2.74. The monoisotopic (exact) mass is 247 g/mol. The number of para-hydroxylation sites is 1. The minimum Gasteiger partial charge on any atom is -0.453 e. The topological polar surface area (TPSA) is 26.0 Å². The Morgan fingerprint density at radius 3 is 2.82 bits per heavy atom. The largest absolute Gasteiger partial charge is 0.453 e. The molecule has 0 bridgehead atoms. The summed E-state index contributed by atoms with van der Waals surface area (Å²) in [6.45, 7) is 0. The molecule has 3 aromatic rings. The third-order valence-corrected chi connectivity index (χ3v) is 2.77. The van der Waals surface area contributed by atoms with Gasteiger partial charge in [-0.15, -0.1) is 0 Å². The summed E-state index contributed by atoms with van der Waals surface area (Å²) in [5.41, 5.74) is 1.05. The number of fused-ring (bicyclic) bond motifs is 1. The molecule has 17 heavy (non-hydrogen) atoms. The van der Waals surface area contributed by atoms with Crippen molar-refractivity contribution in [2.24, 2.45) is 0 Å². The predicted molar refractivity (Wildman–Crippen MR) is 64.4 cm³/mol. The standard InChI is InChI=1S/C13H7ClFNO/c14-10-3-1-2-8-6-12(17-13(8)10)11-7-9(15)4-5-16-11/h1-7H. The number of furan rings is 1. The zero-order valence-electron chi connectivity index (χ0n) is 8.65. The quantitative estimate of drug-likeness (QED) is 0.641. The first-order valence-corrected chi connectivity index (χ1v) is 5.42. The van der Waals surface area contributed by atoms with Crippen molar-refractivity contribution in [1.82, 2.24) is 4.98 Å². The molecule has 0 aliphatic heterocycles. The van der Waals surface area contributed by atoms with Gasteiger partial charge in [0.05, 0.1) is 5.02 Å². The molecule has 0 fully saturated rings. The number of nitrogens with zero attached hydrogens (tertiary/aromatic N) is 1. The van der Waals surface area contributed by atoms with Crippen molar-refractivity contribution < 1.29 is 8.81 Å². The van der Waals surface area contributed by atoms with Gasteiger partial charge in [-0.2, -0.15) is 0 Å². The lowest BCUT2D eigenvalue weighted by Crippen LogP contribution is -1.81. The lowest BCUT2D eigenvalue weighted by Gasteiger charge is -1.94. The van der Waals surface area contributed by atoms with Gasteiger partial charge < -0.3 is 4.42 Å². The third kappa shape index (κ3) is 1.78. The van der Waals surface area contributed by atoms with E-state index in [4.69, 9.17) is 16.0 Å². The first kappa shape index (κ1) is 10.3. The van der Waals surface area contributed by atoms with Crippen LogP contribution in [0.25, 0.3) is 22.4 Å². The van der Waals surface area contributed by atoms with Crippen LogP contribution in [0.3, 0.4) is 0 Å². The number of rotatable bonds is 1. The van der Waals surface area contributed by atoms with Gasteiger partial charge in [0.15, 0.2) is 11.3 Å². The number of hydrogen-bond acceptors (Lipinski definition) is 2. The minimum atomic E-state index is -0.346. The summed E-state index contributed by atoms with van der Waals surface area (Å²) in [5.74, 6) is 0.161. The van der Waals surface area contributed by atoms with E-state index in [1.165, 1.54) is 18.3 Å². The Morgan fingerprint density at radius 2 is 2.06 bits per heavy atom. The Kier molecular flexibility index (Phi) is 2.34. The normalized spacial score (nSPS) is 10.9. The Labute approximate surface area is 102 Å². The molecule has 0 radical (unpaired) electrons. The smallest absolute Gasteiger partial charge is 0.153 e. The lowest BCUT2D eigenvalue weighted by atomic mass is 10.2. The van der Waals surface area contributed by atoms with Crippen molar-refractivity contribution in [3.05, 3.63) is 53.4 Å². The zero-order valence-corrected chi connectivity index (χ0v) is 9.41. The summed E-state index contributed by atoms with van der Waals surface area (Å²) in [7, 11) is 0. The van der Waals surface area contributed by atoms with Gasteiger partial charge in [-0.05, 0) is 18.2 Å². The fourth-order valence-corrected chi connectivity index (χ4v) is 1.91. The highest BCUT2D eigenvalue weighted by molar-refractivity contribution is 6.34. The maximum Gasteiger partial charge on any atom is 0.153 e. The van der Waals surface area contributed by atoms with E-state index >= 15 is 0 Å².